The maximum atomic E-state index is 10.6. The van der Waals surface area contributed by atoms with Gasteiger partial charge in [0.2, 0.25) is 0 Å². The first-order valence-electron chi connectivity index (χ1n) is 4.02. The number of carbonyl (C=O) groups is 1. The number of benzene rings is 1. The number of nitrogens with one attached hydrogen (secondary N) is 1. The van der Waals surface area contributed by atoms with Crippen molar-refractivity contribution in [3.05, 3.63) is 29.3 Å². The van der Waals surface area contributed by atoms with Crippen molar-refractivity contribution in [3.63, 3.8) is 0 Å². The third kappa shape index (κ3) is 2.04. The highest BCUT2D eigenvalue weighted by atomic mass is 16.4. The van der Waals surface area contributed by atoms with Crippen molar-refractivity contribution in [1.82, 2.24) is 0 Å². The van der Waals surface area contributed by atoms with Crippen LogP contribution in [-0.2, 0) is 4.79 Å². The Morgan fingerprint density at radius 2 is 2.27 bits per heavy atom. The summed E-state index contributed by atoms with van der Waals surface area (Å²) in [7, 11) is 0. The normalized spacial score (nSPS) is 11.5. The van der Waals surface area contributed by atoms with Gasteiger partial charge in [-0.1, -0.05) is 12.1 Å². The van der Waals surface area contributed by atoms with Crippen LogP contribution in [0.1, 0.15) is 17.2 Å². The molecular weight excluding hydrogens is 198 g/mol. The monoisotopic (exact) mass is 207 g/mol. The van der Waals surface area contributed by atoms with Crippen LogP contribution in [0.15, 0.2) is 18.2 Å². The first-order chi connectivity index (χ1) is 7.11. The van der Waals surface area contributed by atoms with Crippen molar-refractivity contribution in [1.29, 1.82) is 5.26 Å². The minimum Gasteiger partial charge on any atom is -0.479 e. The Morgan fingerprint density at radius 3 is 2.73 bits per heavy atom. The standard InChI is InChI=1S/C9H9N3O3/c10-4-6-5(8(13)9(14)15)2-1-3-7(6)12-11/h1-3,8,12-13H,11H2,(H,14,15). The molecule has 0 fully saturated rings. The predicted molar refractivity (Wildman–Crippen MR) is 51.6 cm³/mol. The second kappa shape index (κ2) is 4.41. The Morgan fingerprint density at radius 1 is 1.60 bits per heavy atom. The number of nitrogen functional groups attached to an aromatic ring is 1. The van der Waals surface area contributed by atoms with Crippen LogP contribution in [0.3, 0.4) is 0 Å². The summed E-state index contributed by atoms with van der Waals surface area (Å²) in [6.45, 7) is 0. The number of aliphatic carboxylic acids is 1. The number of hydrazine groups is 1. The number of aliphatic hydroxyl groups excluding tert-OH is 1. The van der Waals surface area contributed by atoms with Crippen LogP contribution in [0.2, 0.25) is 0 Å². The van der Waals surface area contributed by atoms with Gasteiger partial charge in [-0.3, -0.25) is 5.84 Å². The van der Waals surface area contributed by atoms with E-state index in [1.165, 1.54) is 18.2 Å². The van der Waals surface area contributed by atoms with Gasteiger partial charge in [0.25, 0.3) is 0 Å². The molecule has 0 aromatic heterocycles. The van der Waals surface area contributed by atoms with Gasteiger partial charge >= 0.3 is 5.97 Å². The Bertz CT molecular complexity index is 425. The quantitative estimate of drug-likeness (QED) is 0.408. The molecule has 78 valence electrons. The smallest absolute Gasteiger partial charge is 0.337 e. The second-order valence-corrected chi connectivity index (χ2v) is 2.77. The summed E-state index contributed by atoms with van der Waals surface area (Å²) in [6.07, 6.45) is -1.73. The number of carboxylic acid groups (broad SMARTS) is 1. The van der Waals surface area contributed by atoms with Gasteiger partial charge in [0.15, 0.2) is 6.10 Å². The zero-order chi connectivity index (χ0) is 11.4. The van der Waals surface area contributed by atoms with Gasteiger partial charge in [-0.25, -0.2) is 4.79 Å². The van der Waals surface area contributed by atoms with Gasteiger partial charge in [0.05, 0.1) is 11.3 Å². The maximum absolute atomic E-state index is 10.6. The molecule has 0 heterocycles. The van der Waals surface area contributed by atoms with E-state index >= 15 is 0 Å². The zero-order valence-electron chi connectivity index (χ0n) is 7.64. The highest BCUT2D eigenvalue weighted by Crippen LogP contribution is 2.23. The van der Waals surface area contributed by atoms with Crippen LogP contribution >= 0.6 is 0 Å². The molecule has 0 amide bonds. The number of nitriles is 1. The Labute approximate surface area is 85.5 Å². The molecule has 15 heavy (non-hydrogen) atoms. The molecule has 0 aliphatic rings. The fourth-order valence-corrected chi connectivity index (χ4v) is 1.18. The second-order valence-electron chi connectivity index (χ2n) is 2.77. The number of aliphatic hydroxyl groups is 1. The van der Waals surface area contributed by atoms with Crippen LogP contribution < -0.4 is 11.3 Å². The summed E-state index contributed by atoms with van der Waals surface area (Å²) in [4.78, 5) is 10.6. The van der Waals surface area contributed by atoms with E-state index in [0.29, 0.717) is 0 Å². The van der Waals surface area contributed by atoms with E-state index < -0.39 is 12.1 Å². The average molecular weight is 207 g/mol. The highest BCUT2D eigenvalue weighted by Gasteiger charge is 2.20. The van der Waals surface area contributed by atoms with Crippen LogP contribution in [0.4, 0.5) is 5.69 Å². The summed E-state index contributed by atoms with van der Waals surface area (Å²) in [5.74, 6) is 3.73. The van der Waals surface area contributed by atoms with E-state index in [1.54, 1.807) is 6.07 Å². The molecule has 0 spiro atoms. The number of carboxylic acids is 1. The van der Waals surface area contributed by atoms with Gasteiger partial charge in [0.1, 0.15) is 6.07 Å². The maximum Gasteiger partial charge on any atom is 0.337 e. The van der Waals surface area contributed by atoms with Crippen molar-refractivity contribution >= 4 is 11.7 Å². The lowest BCUT2D eigenvalue weighted by atomic mass is 10.0. The molecule has 5 N–H and O–H groups in total. The SMILES string of the molecule is N#Cc1c(NN)cccc1C(O)C(=O)O. The van der Waals surface area contributed by atoms with E-state index in [9.17, 15) is 9.90 Å². The van der Waals surface area contributed by atoms with Gasteiger partial charge < -0.3 is 15.6 Å². The minimum atomic E-state index is -1.73. The Hall–Kier alpha value is -2.10. The molecule has 0 saturated carbocycles. The lowest BCUT2D eigenvalue weighted by Crippen LogP contribution is -2.15. The van der Waals surface area contributed by atoms with Crippen LogP contribution in [0.5, 0.6) is 0 Å². The molecule has 0 bridgehead atoms. The molecule has 1 rings (SSSR count). The van der Waals surface area contributed by atoms with Crippen LogP contribution in [-0.4, -0.2) is 16.2 Å². The van der Waals surface area contributed by atoms with Gasteiger partial charge in [-0.2, -0.15) is 5.26 Å². The number of rotatable bonds is 3. The topological polar surface area (TPSA) is 119 Å². The molecule has 0 radical (unpaired) electrons. The Balaban J connectivity index is 3.30. The molecule has 0 aliphatic carbocycles. The van der Waals surface area contributed by atoms with Gasteiger partial charge in [-0.05, 0) is 6.07 Å². The Kier molecular flexibility index (Phi) is 3.23. The first kappa shape index (κ1) is 11.0. The number of hydrogen-bond donors (Lipinski definition) is 4. The molecular formula is C9H9N3O3. The first-order valence-corrected chi connectivity index (χ1v) is 4.02. The fourth-order valence-electron chi connectivity index (χ4n) is 1.18. The average Bonchev–Trinajstić information content (AvgIpc) is 2.26. The summed E-state index contributed by atoms with van der Waals surface area (Å²) in [5.41, 5.74) is 2.56. The number of nitrogens with two attached hydrogens (primary N) is 1. The van der Waals surface area contributed by atoms with Crippen LogP contribution in [0.25, 0.3) is 0 Å². The minimum absolute atomic E-state index is 0.0143. The molecule has 1 atom stereocenters. The predicted octanol–water partition coefficient (Wildman–Crippen LogP) is -0.0381. The summed E-state index contributed by atoms with van der Waals surface area (Å²) >= 11 is 0. The molecule has 1 unspecified atom stereocenters. The summed E-state index contributed by atoms with van der Waals surface area (Å²) < 4.78 is 0. The van der Waals surface area contributed by atoms with E-state index in [2.05, 4.69) is 5.43 Å². The lowest BCUT2D eigenvalue weighted by Gasteiger charge is -2.10. The number of hydrogen-bond acceptors (Lipinski definition) is 5. The van der Waals surface area contributed by atoms with Crippen molar-refractivity contribution in [2.45, 2.75) is 6.10 Å². The molecule has 1 aromatic rings. The largest absolute Gasteiger partial charge is 0.479 e. The fraction of sp³-hybridized carbons (Fsp3) is 0.111. The van der Waals surface area contributed by atoms with E-state index in [0.717, 1.165) is 0 Å². The van der Waals surface area contributed by atoms with E-state index in [-0.39, 0.29) is 16.8 Å². The third-order valence-electron chi connectivity index (χ3n) is 1.89. The number of anilines is 1. The van der Waals surface area contributed by atoms with Crippen molar-refractivity contribution < 1.29 is 15.0 Å². The van der Waals surface area contributed by atoms with Crippen LogP contribution in [0, 0.1) is 11.3 Å². The zero-order valence-corrected chi connectivity index (χ0v) is 7.64. The van der Waals surface area contributed by atoms with Crippen molar-refractivity contribution in [3.8, 4) is 6.07 Å². The lowest BCUT2D eigenvalue weighted by molar-refractivity contribution is -0.146. The van der Waals surface area contributed by atoms with E-state index in [4.69, 9.17) is 16.2 Å². The van der Waals surface area contributed by atoms with Gasteiger partial charge in [-0.15, -0.1) is 0 Å². The molecule has 6 heteroatoms. The van der Waals surface area contributed by atoms with E-state index in [1.807, 2.05) is 0 Å². The van der Waals surface area contributed by atoms with Crippen molar-refractivity contribution in [2.24, 2.45) is 5.84 Å². The number of nitrogens with zero attached hydrogens (tertiary/aromatic N) is 1. The molecule has 6 nitrogen and oxygen atoms in total. The summed E-state index contributed by atoms with van der Waals surface area (Å²) in [5, 5.41) is 26.7. The molecule has 0 saturated heterocycles. The summed E-state index contributed by atoms with van der Waals surface area (Å²) in [6, 6.07) is 6.15. The third-order valence-corrected chi connectivity index (χ3v) is 1.89. The van der Waals surface area contributed by atoms with Gasteiger partial charge in [0, 0.05) is 5.56 Å². The highest BCUT2D eigenvalue weighted by molar-refractivity contribution is 5.77. The van der Waals surface area contributed by atoms with Crippen molar-refractivity contribution in [2.75, 3.05) is 5.43 Å². The molecule has 0 aliphatic heterocycles. The molecule has 1 aromatic carbocycles.